The van der Waals surface area contributed by atoms with Crippen molar-refractivity contribution in [3.63, 3.8) is 0 Å². The predicted molar refractivity (Wildman–Crippen MR) is 81.0 cm³/mol. The summed E-state index contributed by atoms with van der Waals surface area (Å²) in [5, 5.41) is -0.191. The van der Waals surface area contributed by atoms with Crippen LogP contribution >= 0.6 is 0 Å². The lowest BCUT2D eigenvalue weighted by Gasteiger charge is -2.36. The fourth-order valence-corrected chi connectivity index (χ4v) is 1.60. The normalized spacial score (nSPS) is 16.7. The summed E-state index contributed by atoms with van der Waals surface area (Å²) in [7, 11) is -2.42. The van der Waals surface area contributed by atoms with E-state index in [0.717, 1.165) is 0 Å². The molecule has 0 aromatic heterocycles. The molecule has 0 N–H and O–H groups in total. The minimum atomic E-state index is -2.42. The molecule has 0 amide bonds. The van der Waals surface area contributed by atoms with E-state index < -0.39 is 14.9 Å². The van der Waals surface area contributed by atoms with E-state index in [4.69, 9.17) is 11.3 Å². The third-order valence-electron chi connectivity index (χ3n) is 3.16. The van der Waals surface area contributed by atoms with Crippen molar-refractivity contribution in [3.05, 3.63) is 35.3 Å². The van der Waals surface area contributed by atoms with Gasteiger partial charge in [-0.1, -0.05) is 38.8 Å². The summed E-state index contributed by atoms with van der Waals surface area (Å²) in [5.74, 6) is 5.25. The van der Waals surface area contributed by atoms with Crippen molar-refractivity contribution in [1.82, 2.24) is 0 Å². The molecule has 0 aliphatic rings. The summed E-state index contributed by atoms with van der Waals surface area (Å²) in [6.07, 6.45) is 0. The number of benzene rings is 1. The third kappa shape index (κ3) is 4.01. The molecule has 18 heavy (non-hydrogen) atoms. The maximum atomic E-state index is 8.27. The Bertz CT molecular complexity index is 666. The van der Waals surface area contributed by atoms with Gasteiger partial charge in [0.05, 0.1) is 13.4 Å². The van der Waals surface area contributed by atoms with Crippen LogP contribution < -0.4 is 0 Å². The molecule has 1 aromatic carbocycles. The molecule has 0 saturated carbocycles. The summed E-state index contributed by atoms with van der Waals surface area (Å²) < 4.78 is 46.4. The van der Waals surface area contributed by atoms with Crippen LogP contribution in [0.15, 0.2) is 24.2 Å². The summed E-state index contributed by atoms with van der Waals surface area (Å²) in [5.41, 5.74) is 0.0587. The van der Waals surface area contributed by atoms with E-state index in [9.17, 15) is 0 Å². The van der Waals surface area contributed by atoms with Crippen molar-refractivity contribution in [1.29, 1.82) is 0 Å². The first-order valence-corrected chi connectivity index (χ1v) is 8.89. The highest BCUT2D eigenvalue weighted by atomic mass is 28.4. The van der Waals surface area contributed by atoms with Crippen molar-refractivity contribution in [2.24, 2.45) is 0 Å². The van der Waals surface area contributed by atoms with Gasteiger partial charge in [0.2, 0.25) is 0 Å². The topological polar surface area (TPSA) is 9.23 Å². The van der Waals surface area contributed by atoms with E-state index in [-0.39, 0.29) is 34.3 Å². The SMILES string of the molecule is [2H]c1cc(C([2H])([2H])O[Si](C)(C)C(C)(C)C)c([2H])c([2H])c1C#CC. The van der Waals surface area contributed by atoms with Crippen LogP contribution in [0.2, 0.25) is 18.1 Å². The van der Waals surface area contributed by atoms with Gasteiger partial charge in [-0.25, -0.2) is 0 Å². The first kappa shape index (κ1) is 8.96. The highest BCUT2D eigenvalue weighted by Crippen LogP contribution is 2.37. The standard InChI is InChI=1S/C16H24OSi/c1-7-8-14-9-11-15(12-10-14)13-17-18(5,6)16(2,3)4/h9-12H,13H2,1-6H3/i9D,10D,11D,13D2. The van der Waals surface area contributed by atoms with Crippen LogP contribution in [-0.2, 0) is 11.0 Å². The molecule has 0 bridgehead atoms. The van der Waals surface area contributed by atoms with Crippen LogP contribution in [0.25, 0.3) is 0 Å². The molecule has 1 rings (SSSR count). The average molecular weight is 265 g/mol. The molecular weight excluding hydrogens is 236 g/mol. The quantitative estimate of drug-likeness (QED) is 0.574. The minimum absolute atomic E-state index is 0.0574. The molecule has 1 nitrogen and oxygen atoms in total. The second-order valence-electron chi connectivity index (χ2n) is 5.67. The zero-order valence-electron chi connectivity index (χ0n) is 17.0. The second kappa shape index (κ2) is 5.73. The maximum Gasteiger partial charge on any atom is 0.192 e. The molecule has 0 radical (unpaired) electrons. The summed E-state index contributed by atoms with van der Waals surface area (Å²) in [6, 6.07) is 0.692. The van der Waals surface area contributed by atoms with Crippen LogP contribution in [0.1, 0.15) is 45.7 Å². The average Bonchev–Trinajstić information content (AvgIpc) is 2.36. The van der Waals surface area contributed by atoms with E-state index in [1.807, 2.05) is 33.9 Å². The van der Waals surface area contributed by atoms with Gasteiger partial charge in [0.1, 0.15) is 0 Å². The van der Waals surface area contributed by atoms with Gasteiger partial charge >= 0.3 is 0 Å². The molecule has 98 valence electrons. The van der Waals surface area contributed by atoms with E-state index >= 15 is 0 Å². The Hall–Kier alpha value is -1.04. The van der Waals surface area contributed by atoms with Crippen molar-refractivity contribution >= 4 is 8.32 Å². The fraction of sp³-hybridized carbons (Fsp3) is 0.500. The van der Waals surface area contributed by atoms with Gasteiger partial charge in [-0.15, -0.1) is 5.92 Å². The molecule has 0 fully saturated rings. The molecule has 0 aliphatic carbocycles. The van der Waals surface area contributed by atoms with Crippen LogP contribution in [0.5, 0.6) is 0 Å². The monoisotopic (exact) mass is 265 g/mol. The molecule has 2 heteroatoms. The van der Waals surface area contributed by atoms with E-state index in [1.54, 1.807) is 6.92 Å². The lowest BCUT2D eigenvalue weighted by atomic mass is 10.1. The molecule has 0 heterocycles. The van der Waals surface area contributed by atoms with Gasteiger partial charge in [-0.2, -0.15) is 0 Å². The van der Waals surface area contributed by atoms with Crippen molar-refractivity contribution < 1.29 is 11.3 Å². The molecule has 1 aromatic rings. The Kier molecular flexibility index (Phi) is 2.85. The minimum Gasteiger partial charge on any atom is -0.413 e. The molecule has 0 atom stereocenters. The lowest BCUT2D eigenvalue weighted by Crippen LogP contribution is -2.40. The largest absolute Gasteiger partial charge is 0.413 e. The van der Waals surface area contributed by atoms with Crippen LogP contribution in [0, 0.1) is 11.8 Å². The predicted octanol–water partition coefficient (Wildman–Crippen LogP) is 4.58. The van der Waals surface area contributed by atoms with E-state index in [1.165, 1.54) is 6.07 Å². The second-order valence-corrected chi connectivity index (χ2v) is 10.4. The van der Waals surface area contributed by atoms with Gasteiger partial charge in [0, 0.05) is 5.56 Å². The number of rotatable bonds is 3. The number of hydrogen-bond acceptors (Lipinski definition) is 1. The van der Waals surface area contributed by atoms with E-state index in [0.29, 0.717) is 0 Å². The first-order valence-electron chi connectivity index (χ1n) is 8.49. The highest BCUT2D eigenvalue weighted by Gasteiger charge is 2.36. The van der Waals surface area contributed by atoms with Gasteiger partial charge in [-0.05, 0) is 42.7 Å². The van der Waals surface area contributed by atoms with Gasteiger partial charge in [0.15, 0.2) is 8.32 Å². The molecule has 0 saturated heterocycles. The van der Waals surface area contributed by atoms with Crippen LogP contribution in [0.4, 0.5) is 0 Å². The smallest absolute Gasteiger partial charge is 0.192 e. The molecule has 0 aliphatic heterocycles. The molecular formula is C16H24OSi. The zero-order valence-corrected chi connectivity index (χ0v) is 13.0. The van der Waals surface area contributed by atoms with Gasteiger partial charge in [-0.3, -0.25) is 0 Å². The first-order chi connectivity index (χ1) is 10.2. The van der Waals surface area contributed by atoms with Crippen molar-refractivity contribution in [2.75, 3.05) is 0 Å². The van der Waals surface area contributed by atoms with Crippen molar-refractivity contribution in [2.45, 2.75) is 52.4 Å². The van der Waals surface area contributed by atoms with Gasteiger partial charge in [0.25, 0.3) is 0 Å². The van der Waals surface area contributed by atoms with Gasteiger partial charge < -0.3 is 4.43 Å². The Morgan fingerprint density at radius 1 is 1.33 bits per heavy atom. The van der Waals surface area contributed by atoms with E-state index in [2.05, 4.69) is 11.8 Å². The Morgan fingerprint density at radius 2 is 2.00 bits per heavy atom. The fourth-order valence-electron chi connectivity index (χ4n) is 0.929. The van der Waals surface area contributed by atoms with Crippen LogP contribution in [0.3, 0.4) is 0 Å². The maximum absolute atomic E-state index is 8.27. The van der Waals surface area contributed by atoms with Crippen molar-refractivity contribution in [3.8, 4) is 11.8 Å². The summed E-state index contributed by atoms with van der Waals surface area (Å²) in [6.45, 7) is 9.23. The molecule has 0 spiro atoms. The lowest BCUT2D eigenvalue weighted by molar-refractivity contribution is 0.276. The van der Waals surface area contributed by atoms with Crippen LogP contribution in [-0.4, -0.2) is 8.32 Å². The summed E-state index contributed by atoms with van der Waals surface area (Å²) in [4.78, 5) is 0. The zero-order chi connectivity index (χ0) is 18.2. The Morgan fingerprint density at radius 3 is 2.56 bits per heavy atom. The Balaban J connectivity index is 3.42. The number of hydrogen-bond donors (Lipinski definition) is 0. The molecule has 0 unspecified atom stereocenters. The summed E-state index contributed by atoms with van der Waals surface area (Å²) >= 11 is 0. The highest BCUT2D eigenvalue weighted by molar-refractivity contribution is 6.74. The Labute approximate surface area is 120 Å². The third-order valence-corrected chi connectivity index (χ3v) is 7.38.